The molecule has 2 nitrogen and oxygen atoms in total. The van der Waals surface area contributed by atoms with E-state index < -0.39 is 5.60 Å². The Balaban J connectivity index is 2.10. The van der Waals surface area contributed by atoms with Crippen LogP contribution < -0.4 is 0 Å². The summed E-state index contributed by atoms with van der Waals surface area (Å²) >= 11 is 0. The van der Waals surface area contributed by atoms with E-state index in [4.69, 9.17) is 4.74 Å². The van der Waals surface area contributed by atoms with Gasteiger partial charge in [-0.1, -0.05) is 6.08 Å². The molecule has 1 N–H and O–H groups in total. The third-order valence-corrected chi connectivity index (χ3v) is 2.89. The largest absolute Gasteiger partial charge is 0.383 e. The monoisotopic (exact) mass is 168 g/mol. The molecule has 1 saturated heterocycles. The number of hydrogen-bond acceptors (Lipinski definition) is 2. The van der Waals surface area contributed by atoms with E-state index in [-0.39, 0.29) is 0 Å². The molecule has 2 rings (SSSR count). The van der Waals surface area contributed by atoms with Crippen LogP contribution in [0.25, 0.3) is 0 Å². The maximum atomic E-state index is 10.1. The van der Waals surface area contributed by atoms with Gasteiger partial charge in [0.05, 0.1) is 6.61 Å². The van der Waals surface area contributed by atoms with Gasteiger partial charge in [0.1, 0.15) is 5.60 Å². The van der Waals surface area contributed by atoms with Gasteiger partial charge in [0, 0.05) is 13.0 Å². The summed E-state index contributed by atoms with van der Waals surface area (Å²) in [4.78, 5) is 0. The van der Waals surface area contributed by atoms with E-state index in [1.54, 1.807) is 0 Å². The Hall–Kier alpha value is -0.340. The van der Waals surface area contributed by atoms with Gasteiger partial charge in [-0.3, -0.25) is 0 Å². The average molecular weight is 168 g/mol. The molecule has 1 fully saturated rings. The van der Waals surface area contributed by atoms with Gasteiger partial charge < -0.3 is 9.84 Å². The minimum Gasteiger partial charge on any atom is -0.383 e. The molecule has 0 radical (unpaired) electrons. The summed E-state index contributed by atoms with van der Waals surface area (Å²) in [5.74, 6) is 0. The van der Waals surface area contributed by atoms with Crippen molar-refractivity contribution in [2.75, 3.05) is 13.2 Å². The molecular weight excluding hydrogens is 152 g/mol. The van der Waals surface area contributed by atoms with Crippen molar-refractivity contribution in [2.45, 2.75) is 37.7 Å². The Kier molecular flexibility index (Phi) is 2.20. The Morgan fingerprint density at radius 1 is 1.42 bits per heavy atom. The van der Waals surface area contributed by atoms with Crippen molar-refractivity contribution < 1.29 is 9.84 Å². The van der Waals surface area contributed by atoms with E-state index in [1.807, 2.05) is 0 Å². The summed E-state index contributed by atoms with van der Waals surface area (Å²) in [5, 5.41) is 10.1. The lowest BCUT2D eigenvalue weighted by Gasteiger charge is -2.26. The van der Waals surface area contributed by atoms with Crippen LogP contribution in [-0.2, 0) is 4.74 Å². The Morgan fingerprint density at radius 3 is 2.92 bits per heavy atom. The van der Waals surface area contributed by atoms with Gasteiger partial charge in [-0.05, 0) is 31.3 Å². The summed E-state index contributed by atoms with van der Waals surface area (Å²) in [6, 6.07) is 0. The quantitative estimate of drug-likeness (QED) is 0.603. The third-order valence-electron chi connectivity index (χ3n) is 2.89. The van der Waals surface area contributed by atoms with Crippen LogP contribution >= 0.6 is 0 Å². The number of rotatable bonds is 1. The van der Waals surface area contributed by atoms with Crippen LogP contribution in [-0.4, -0.2) is 23.9 Å². The van der Waals surface area contributed by atoms with E-state index >= 15 is 0 Å². The molecule has 1 aliphatic carbocycles. The molecule has 2 heteroatoms. The fourth-order valence-corrected chi connectivity index (χ4v) is 2.07. The number of ether oxygens (including phenoxy) is 1. The van der Waals surface area contributed by atoms with Gasteiger partial charge in [-0.15, -0.1) is 0 Å². The van der Waals surface area contributed by atoms with Crippen molar-refractivity contribution in [1.82, 2.24) is 0 Å². The first-order chi connectivity index (χ1) is 5.81. The van der Waals surface area contributed by atoms with E-state index in [1.165, 1.54) is 18.4 Å². The van der Waals surface area contributed by atoms with Gasteiger partial charge >= 0.3 is 0 Å². The van der Waals surface area contributed by atoms with Gasteiger partial charge in [0.2, 0.25) is 0 Å². The van der Waals surface area contributed by atoms with Gasteiger partial charge in [0.25, 0.3) is 0 Å². The molecule has 0 bridgehead atoms. The summed E-state index contributed by atoms with van der Waals surface area (Å²) in [6.45, 7) is 1.23. The van der Waals surface area contributed by atoms with Crippen molar-refractivity contribution in [2.24, 2.45) is 0 Å². The predicted molar refractivity (Wildman–Crippen MR) is 46.9 cm³/mol. The highest BCUT2D eigenvalue weighted by Crippen LogP contribution is 2.33. The zero-order chi connectivity index (χ0) is 8.44. The Bertz CT molecular complexity index is 190. The minimum absolute atomic E-state index is 0.513. The summed E-state index contributed by atoms with van der Waals surface area (Å²) in [6.07, 6.45) is 7.71. The molecule has 1 aliphatic heterocycles. The number of aliphatic hydroxyl groups is 1. The molecule has 0 aromatic carbocycles. The van der Waals surface area contributed by atoms with Gasteiger partial charge in [-0.25, -0.2) is 0 Å². The first-order valence-corrected chi connectivity index (χ1v) is 4.81. The predicted octanol–water partition coefficient (Wildman–Crippen LogP) is 1.64. The molecule has 0 aromatic heterocycles. The molecule has 0 amide bonds. The minimum atomic E-state index is -0.597. The van der Waals surface area contributed by atoms with Crippen molar-refractivity contribution in [1.29, 1.82) is 0 Å². The van der Waals surface area contributed by atoms with E-state index in [2.05, 4.69) is 6.08 Å². The molecule has 1 heterocycles. The summed E-state index contributed by atoms with van der Waals surface area (Å²) in [5.41, 5.74) is 0.631. The molecule has 0 spiro atoms. The number of allylic oxidation sites excluding steroid dienone is 1. The van der Waals surface area contributed by atoms with Crippen LogP contribution in [0.15, 0.2) is 11.6 Å². The highest BCUT2D eigenvalue weighted by atomic mass is 16.5. The molecule has 2 aliphatic rings. The fraction of sp³-hybridized carbons (Fsp3) is 0.800. The van der Waals surface area contributed by atoms with Crippen molar-refractivity contribution >= 4 is 0 Å². The summed E-state index contributed by atoms with van der Waals surface area (Å²) in [7, 11) is 0. The normalized spacial score (nSPS) is 36.6. The second kappa shape index (κ2) is 3.19. The first-order valence-electron chi connectivity index (χ1n) is 4.81. The smallest absolute Gasteiger partial charge is 0.111 e. The van der Waals surface area contributed by atoms with Crippen molar-refractivity contribution in [3.63, 3.8) is 0 Å². The lowest BCUT2D eigenvalue weighted by molar-refractivity contribution is 0.0542. The lowest BCUT2D eigenvalue weighted by Crippen LogP contribution is -2.32. The molecule has 1 atom stereocenters. The van der Waals surface area contributed by atoms with E-state index in [0.717, 1.165) is 19.3 Å². The first kappa shape index (κ1) is 8.27. The topological polar surface area (TPSA) is 29.5 Å². The van der Waals surface area contributed by atoms with Gasteiger partial charge in [0.15, 0.2) is 0 Å². The molecule has 68 valence electrons. The molecule has 0 saturated carbocycles. The molecule has 0 aromatic rings. The van der Waals surface area contributed by atoms with Crippen LogP contribution in [0, 0.1) is 0 Å². The Morgan fingerprint density at radius 2 is 2.33 bits per heavy atom. The lowest BCUT2D eigenvalue weighted by atomic mass is 9.85. The average Bonchev–Trinajstić information content (AvgIpc) is 2.55. The SMILES string of the molecule is OC1(C2=CCCCC2)CCOC1. The highest BCUT2D eigenvalue weighted by molar-refractivity contribution is 5.19. The second-order valence-corrected chi connectivity index (χ2v) is 3.81. The van der Waals surface area contributed by atoms with Crippen molar-refractivity contribution in [3.8, 4) is 0 Å². The van der Waals surface area contributed by atoms with Crippen molar-refractivity contribution in [3.05, 3.63) is 11.6 Å². The molecular formula is C10H16O2. The van der Waals surface area contributed by atoms with Crippen LogP contribution in [0.3, 0.4) is 0 Å². The third kappa shape index (κ3) is 1.41. The standard InChI is InChI=1S/C10H16O2/c11-10(6-7-12-8-10)9-4-2-1-3-5-9/h4,11H,1-3,5-8H2. The Labute approximate surface area is 73.2 Å². The number of hydrogen-bond donors (Lipinski definition) is 1. The maximum absolute atomic E-state index is 10.1. The molecule has 1 unspecified atom stereocenters. The van der Waals surface area contributed by atoms with Crippen LogP contribution in [0.1, 0.15) is 32.1 Å². The zero-order valence-electron chi connectivity index (χ0n) is 7.38. The van der Waals surface area contributed by atoms with Crippen LogP contribution in [0.4, 0.5) is 0 Å². The van der Waals surface area contributed by atoms with E-state index in [9.17, 15) is 5.11 Å². The fourth-order valence-electron chi connectivity index (χ4n) is 2.07. The van der Waals surface area contributed by atoms with Crippen LogP contribution in [0.5, 0.6) is 0 Å². The maximum Gasteiger partial charge on any atom is 0.111 e. The highest BCUT2D eigenvalue weighted by Gasteiger charge is 2.35. The zero-order valence-corrected chi connectivity index (χ0v) is 7.38. The second-order valence-electron chi connectivity index (χ2n) is 3.81. The molecule has 12 heavy (non-hydrogen) atoms. The van der Waals surface area contributed by atoms with Crippen LogP contribution in [0.2, 0.25) is 0 Å². The summed E-state index contributed by atoms with van der Waals surface area (Å²) < 4.78 is 5.22. The van der Waals surface area contributed by atoms with Gasteiger partial charge in [-0.2, -0.15) is 0 Å². The van der Waals surface area contributed by atoms with E-state index in [0.29, 0.717) is 13.2 Å².